The molecule has 2 aromatic rings. The number of benzene rings is 1. The van der Waals surface area contributed by atoms with Gasteiger partial charge in [0.1, 0.15) is 5.60 Å². The van der Waals surface area contributed by atoms with Gasteiger partial charge >= 0.3 is 6.09 Å². The predicted octanol–water partition coefficient (Wildman–Crippen LogP) is 3.20. The second kappa shape index (κ2) is 6.34. The number of aromatic nitrogens is 2. The Labute approximate surface area is 145 Å². The highest BCUT2D eigenvalue weighted by molar-refractivity contribution is 5.81. The second-order valence-corrected chi connectivity index (χ2v) is 7.41. The highest BCUT2D eigenvalue weighted by Crippen LogP contribution is 2.25. The lowest BCUT2D eigenvalue weighted by Crippen LogP contribution is -2.35. The number of ether oxygens (including phenoxy) is 1. The number of non-ortho nitro benzene ring substituents is 1. The van der Waals surface area contributed by atoms with Gasteiger partial charge in [-0.1, -0.05) is 0 Å². The fourth-order valence-electron chi connectivity index (χ4n) is 3.04. The molecule has 1 atom stereocenters. The summed E-state index contributed by atoms with van der Waals surface area (Å²) in [5, 5.41) is 16.2. The van der Waals surface area contributed by atoms with Gasteiger partial charge in [0.05, 0.1) is 16.6 Å². The van der Waals surface area contributed by atoms with Crippen molar-refractivity contribution in [1.82, 2.24) is 14.7 Å². The van der Waals surface area contributed by atoms with E-state index in [1.54, 1.807) is 27.9 Å². The second-order valence-electron chi connectivity index (χ2n) is 7.41. The van der Waals surface area contributed by atoms with Crippen LogP contribution in [0.15, 0.2) is 24.4 Å². The van der Waals surface area contributed by atoms with Crippen LogP contribution in [0.2, 0.25) is 0 Å². The summed E-state index contributed by atoms with van der Waals surface area (Å²) in [6.07, 6.45) is 2.27. The third-order valence-corrected chi connectivity index (χ3v) is 4.21. The van der Waals surface area contributed by atoms with Crippen LogP contribution in [0.5, 0.6) is 0 Å². The number of nitro groups is 1. The van der Waals surface area contributed by atoms with Crippen LogP contribution in [0.4, 0.5) is 10.5 Å². The monoisotopic (exact) mass is 346 g/mol. The lowest BCUT2D eigenvalue weighted by Gasteiger charge is -2.24. The molecule has 2 heterocycles. The van der Waals surface area contributed by atoms with Crippen LogP contribution in [0.25, 0.3) is 10.9 Å². The molecule has 1 aromatic heterocycles. The number of hydrogen-bond acceptors (Lipinski definition) is 5. The predicted molar refractivity (Wildman–Crippen MR) is 92.3 cm³/mol. The largest absolute Gasteiger partial charge is 0.444 e. The van der Waals surface area contributed by atoms with E-state index in [1.165, 1.54) is 6.07 Å². The van der Waals surface area contributed by atoms with Crippen molar-refractivity contribution in [2.45, 2.75) is 39.3 Å². The molecule has 0 bridgehead atoms. The number of carbonyl (C=O) groups is 1. The number of carbonyl (C=O) groups excluding carboxylic acids is 1. The van der Waals surface area contributed by atoms with Crippen molar-refractivity contribution in [3.63, 3.8) is 0 Å². The molecular formula is C17H22N4O4. The average molecular weight is 346 g/mol. The molecule has 3 rings (SSSR count). The Morgan fingerprint density at radius 3 is 2.88 bits per heavy atom. The fourth-order valence-corrected chi connectivity index (χ4v) is 3.04. The third kappa shape index (κ3) is 3.89. The number of nitro benzene ring substituents is 1. The summed E-state index contributed by atoms with van der Waals surface area (Å²) >= 11 is 0. The molecule has 1 aromatic carbocycles. The summed E-state index contributed by atoms with van der Waals surface area (Å²) in [4.78, 5) is 24.4. The van der Waals surface area contributed by atoms with Crippen molar-refractivity contribution in [2.24, 2.45) is 5.92 Å². The molecule has 0 N–H and O–H groups in total. The van der Waals surface area contributed by atoms with E-state index >= 15 is 0 Å². The summed E-state index contributed by atoms with van der Waals surface area (Å²) in [7, 11) is 0. The molecular weight excluding hydrogens is 324 g/mol. The first-order valence-electron chi connectivity index (χ1n) is 8.31. The smallest absolute Gasteiger partial charge is 0.410 e. The quantitative estimate of drug-likeness (QED) is 0.629. The van der Waals surface area contributed by atoms with Crippen molar-refractivity contribution < 1.29 is 14.5 Å². The zero-order valence-electron chi connectivity index (χ0n) is 14.6. The van der Waals surface area contributed by atoms with E-state index in [0.717, 1.165) is 17.3 Å². The van der Waals surface area contributed by atoms with Crippen LogP contribution in [0.3, 0.4) is 0 Å². The van der Waals surface area contributed by atoms with Gasteiger partial charge in [0.2, 0.25) is 0 Å². The van der Waals surface area contributed by atoms with Gasteiger partial charge in [0.25, 0.3) is 5.69 Å². The minimum Gasteiger partial charge on any atom is -0.444 e. The molecule has 1 fully saturated rings. The summed E-state index contributed by atoms with van der Waals surface area (Å²) in [6, 6.07) is 4.73. The maximum absolute atomic E-state index is 12.1. The number of amides is 1. The molecule has 1 aliphatic heterocycles. The Kier molecular flexibility index (Phi) is 4.36. The molecule has 1 saturated heterocycles. The van der Waals surface area contributed by atoms with Crippen LogP contribution in [0, 0.1) is 16.0 Å². The number of rotatable bonds is 3. The molecule has 25 heavy (non-hydrogen) atoms. The molecule has 1 unspecified atom stereocenters. The highest BCUT2D eigenvalue weighted by atomic mass is 16.6. The van der Waals surface area contributed by atoms with Crippen LogP contribution < -0.4 is 0 Å². The summed E-state index contributed by atoms with van der Waals surface area (Å²) in [5.74, 6) is 0.245. The third-order valence-electron chi connectivity index (χ3n) is 4.21. The van der Waals surface area contributed by atoms with Crippen molar-refractivity contribution in [2.75, 3.05) is 13.1 Å². The molecule has 0 aliphatic carbocycles. The minimum atomic E-state index is -0.508. The van der Waals surface area contributed by atoms with E-state index in [9.17, 15) is 14.9 Å². The van der Waals surface area contributed by atoms with Gasteiger partial charge in [0.15, 0.2) is 0 Å². The van der Waals surface area contributed by atoms with Gasteiger partial charge in [-0.25, -0.2) is 4.79 Å². The standard InChI is InChI=1S/C17H22N4O4/c1-17(2,3)25-16(22)19-7-6-12(10-19)11-20-15-8-14(21(23)24)5-4-13(15)9-18-20/h4-5,8-9,12H,6-7,10-11H2,1-3H3. The number of likely N-dealkylation sites (tertiary alicyclic amines) is 1. The number of nitrogens with zero attached hydrogens (tertiary/aromatic N) is 4. The zero-order chi connectivity index (χ0) is 18.2. The van der Waals surface area contributed by atoms with E-state index < -0.39 is 10.5 Å². The Hall–Kier alpha value is -2.64. The van der Waals surface area contributed by atoms with Crippen molar-refractivity contribution in [3.05, 3.63) is 34.5 Å². The first-order valence-corrected chi connectivity index (χ1v) is 8.31. The van der Waals surface area contributed by atoms with E-state index in [2.05, 4.69) is 5.10 Å². The van der Waals surface area contributed by atoms with E-state index in [-0.39, 0.29) is 17.7 Å². The normalized spacial score (nSPS) is 17.9. The maximum Gasteiger partial charge on any atom is 0.410 e. The Morgan fingerprint density at radius 2 is 2.20 bits per heavy atom. The first kappa shape index (κ1) is 17.2. The van der Waals surface area contributed by atoms with Gasteiger partial charge < -0.3 is 9.64 Å². The van der Waals surface area contributed by atoms with Gasteiger partial charge in [-0.15, -0.1) is 0 Å². The van der Waals surface area contributed by atoms with Gasteiger partial charge in [-0.3, -0.25) is 14.8 Å². The minimum absolute atomic E-state index is 0.0519. The van der Waals surface area contributed by atoms with Crippen LogP contribution >= 0.6 is 0 Å². The molecule has 1 amide bonds. The molecule has 0 radical (unpaired) electrons. The molecule has 0 saturated carbocycles. The van der Waals surface area contributed by atoms with E-state index in [4.69, 9.17) is 4.74 Å². The van der Waals surface area contributed by atoms with Crippen LogP contribution in [-0.4, -0.2) is 44.4 Å². The van der Waals surface area contributed by atoms with Crippen molar-refractivity contribution >= 4 is 22.7 Å². The SMILES string of the molecule is CC(C)(C)OC(=O)N1CCC(Cn2ncc3ccc([N+](=O)[O-])cc32)C1. The molecule has 0 spiro atoms. The Balaban J connectivity index is 1.69. The Bertz CT molecular complexity index is 809. The highest BCUT2D eigenvalue weighted by Gasteiger charge is 2.30. The maximum atomic E-state index is 12.1. The van der Waals surface area contributed by atoms with Gasteiger partial charge in [0, 0.05) is 37.2 Å². The number of hydrogen-bond donors (Lipinski definition) is 0. The molecule has 1 aliphatic rings. The Morgan fingerprint density at radius 1 is 1.44 bits per heavy atom. The summed E-state index contributed by atoms with van der Waals surface area (Å²) < 4.78 is 7.19. The van der Waals surface area contributed by atoms with Crippen LogP contribution in [-0.2, 0) is 11.3 Å². The molecule has 134 valence electrons. The van der Waals surface area contributed by atoms with E-state index in [0.29, 0.717) is 19.6 Å². The fraction of sp³-hybridized carbons (Fsp3) is 0.529. The summed E-state index contributed by atoms with van der Waals surface area (Å²) in [5.41, 5.74) is 0.285. The van der Waals surface area contributed by atoms with Crippen molar-refractivity contribution in [1.29, 1.82) is 0 Å². The lowest BCUT2D eigenvalue weighted by atomic mass is 10.1. The topological polar surface area (TPSA) is 90.5 Å². The van der Waals surface area contributed by atoms with Gasteiger partial charge in [-0.2, -0.15) is 5.10 Å². The molecule has 8 nitrogen and oxygen atoms in total. The zero-order valence-corrected chi connectivity index (χ0v) is 14.6. The van der Waals surface area contributed by atoms with E-state index in [1.807, 2.05) is 20.8 Å². The average Bonchev–Trinajstić information content (AvgIpc) is 3.13. The lowest BCUT2D eigenvalue weighted by molar-refractivity contribution is -0.384. The first-order chi connectivity index (χ1) is 11.7. The number of fused-ring (bicyclic) bond motifs is 1. The molecule has 8 heteroatoms. The van der Waals surface area contributed by atoms with Gasteiger partial charge in [-0.05, 0) is 39.2 Å². The summed E-state index contributed by atoms with van der Waals surface area (Å²) in [6.45, 7) is 7.41. The van der Waals surface area contributed by atoms with Crippen LogP contribution in [0.1, 0.15) is 27.2 Å². The van der Waals surface area contributed by atoms with Crippen molar-refractivity contribution in [3.8, 4) is 0 Å².